The number of rotatable bonds is 0. The number of ether oxygens (including phenoxy) is 1. The highest BCUT2D eigenvalue weighted by Crippen LogP contribution is 2.22. The summed E-state index contributed by atoms with van der Waals surface area (Å²) in [6, 6.07) is 0. The van der Waals surface area contributed by atoms with E-state index in [0.29, 0.717) is 6.54 Å². The fourth-order valence-electron chi connectivity index (χ4n) is 1.80. The van der Waals surface area contributed by atoms with E-state index >= 15 is 0 Å². The van der Waals surface area contributed by atoms with Gasteiger partial charge in [-0.15, -0.1) is 0 Å². The number of carbonyl (C=O) groups excluding carboxylic acids is 1. The Labute approximate surface area is 98.3 Å². The zero-order valence-corrected chi connectivity index (χ0v) is 11.1. The first-order chi connectivity index (χ1) is 7.22. The van der Waals surface area contributed by atoms with E-state index in [1.807, 2.05) is 25.7 Å². The lowest BCUT2D eigenvalue weighted by Gasteiger charge is -2.37. The van der Waals surface area contributed by atoms with E-state index < -0.39 is 5.60 Å². The van der Waals surface area contributed by atoms with Gasteiger partial charge in [-0.25, -0.2) is 4.79 Å². The predicted molar refractivity (Wildman–Crippen MR) is 64.5 cm³/mol. The van der Waals surface area contributed by atoms with Crippen molar-refractivity contribution in [3.05, 3.63) is 0 Å². The molecule has 0 aliphatic carbocycles. The number of hydrogen-bond donors (Lipinski definition) is 1. The van der Waals surface area contributed by atoms with E-state index in [9.17, 15) is 4.79 Å². The Balaban J connectivity index is 2.71. The van der Waals surface area contributed by atoms with Crippen molar-refractivity contribution in [2.24, 2.45) is 0 Å². The minimum Gasteiger partial charge on any atom is -0.444 e. The Kier molecular flexibility index (Phi) is 3.84. The molecule has 0 saturated carbocycles. The maximum atomic E-state index is 12.1. The van der Waals surface area contributed by atoms with Crippen molar-refractivity contribution in [1.82, 2.24) is 10.2 Å². The Hall–Kier alpha value is -0.770. The van der Waals surface area contributed by atoms with Gasteiger partial charge in [-0.1, -0.05) is 0 Å². The molecule has 4 nitrogen and oxygen atoms in total. The van der Waals surface area contributed by atoms with Crippen LogP contribution in [0, 0.1) is 0 Å². The van der Waals surface area contributed by atoms with E-state index in [1.54, 1.807) is 0 Å². The Morgan fingerprint density at radius 3 is 2.50 bits per heavy atom. The van der Waals surface area contributed by atoms with Crippen LogP contribution in [0.4, 0.5) is 4.79 Å². The molecule has 1 aliphatic heterocycles. The smallest absolute Gasteiger partial charge is 0.410 e. The van der Waals surface area contributed by atoms with Crippen LogP contribution in [0.25, 0.3) is 0 Å². The molecule has 0 atom stereocenters. The average molecular weight is 228 g/mol. The van der Waals surface area contributed by atoms with E-state index in [-0.39, 0.29) is 11.6 Å². The molecule has 0 unspecified atom stereocenters. The molecule has 0 aromatic rings. The normalized spacial score (nSPS) is 21.4. The molecule has 0 spiro atoms. The van der Waals surface area contributed by atoms with Gasteiger partial charge in [0.25, 0.3) is 0 Å². The summed E-state index contributed by atoms with van der Waals surface area (Å²) in [6.45, 7) is 12.4. The van der Waals surface area contributed by atoms with Crippen molar-refractivity contribution in [3.63, 3.8) is 0 Å². The SMILES string of the molecule is CC(C)(C)OC(=O)N1CCNCCC1(C)C. The van der Waals surface area contributed by atoms with Gasteiger partial charge in [0.05, 0.1) is 0 Å². The number of nitrogens with one attached hydrogen (secondary N) is 1. The molecule has 0 radical (unpaired) electrons. The summed E-state index contributed by atoms with van der Waals surface area (Å²) in [5.41, 5.74) is -0.557. The molecule has 0 aromatic carbocycles. The van der Waals surface area contributed by atoms with Crippen molar-refractivity contribution in [3.8, 4) is 0 Å². The van der Waals surface area contributed by atoms with Crippen LogP contribution < -0.4 is 5.32 Å². The van der Waals surface area contributed by atoms with Crippen LogP contribution in [-0.2, 0) is 4.74 Å². The van der Waals surface area contributed by atoms with Gasteiger partial charge in [-0.05, 0) is 47.6 Å². The van der Waals surface area contributed by atoms with Gasteiger partial charge >= 0.3 is 6.09 Å². The summed E-state index contributed by atoms with van der Waals surface area (Å²) in [5.74, 6) is 0. The summed E-state index contributed by atoms with van der Waals surface area (Å²) in [6.07, 6.45) is 0.743. The standard InChI is InChI=1S/C12H24N2O2/c1-11(2,3)16-10(15)14-9-8-13-7-6-12(14,4)5/h13H,6-9H2,1-5H3. The minimum atomic E-state index is -0.424. The summed E-state index contributed by atoms with van der Waals surface area (Å²) in [4.78, 5) is 13.9. The quantitative estimate of drug-likeness (QED) is 0.689. The summed E-state index contributed by atoms with van der Waals surface area (Å²) in [5, 5.41) is 3.30. The number of amides is 1. The third-order valence-electron chi connectivity index (χ3n) is 2.77. The van der Waals surface area contributed by atoms with Crippen molar-refractivity contribution in [2.45, 2.75) is 52.2 Å². The molecule has 1 aliphatic rings. The monoisotopic (exact) mass is 228 g/mol. The lowest BCUT2D eigenvalue weighted by molar-refractivity contribution is 0.00514. The van der Waals surface area contributed by atoms with Gasteiger partial charge in [0, 0.05) is 18.6 Å². The fourth-order valence-corrected chi connectivity index (χ4v) is 1.80. The molecule has 94 valence electrons. The second kappa shape index (κ2) is 4.62. The summed E-state index contributed by atoms with van der Waals surface area (Å²) >= 11 is 0. The summed E-state index contributed by atoms with van der Waals surface area (Å²) in [7, 11) is 0. The van der Waals surface area contributed by atoms with Crippen LogP contribution in [0.2, 0.25) is 0 Å². The molecule has 1 fully saturated rings. The van der Waals surface area contributed by atoms with Crippen molar-refractivity contribution in [1.29, 1.82) is 0 Å². The molecule has 0 aromatic heterocycles. The molecule has 1 rings (SSSR count). The maximum Gasteiger partial charge on any atom is 0.410 e. The lowest BCUT2D eigenvalue weighted by Crippen LogP contribution is -2.49. The third kappa shape index (κ3) is 3.67. The van der Waals surface area contributed by atoms with Crippen LogP contribution >= 0.6 is 0 Å². The highest BCUT2D eigenvalue weighted by molar-refractivity contribution is 5.69. The number of carbonyl (C=O) groups is 1. The van der Waals surface area contributed by atoms with Crippen molar-refractivity contribution in [2.75, 3.05) is 19.6 Å². The molecule has 1 saturated heterocycles. The van der Waals surface area contributed by atoms with Crippen LogP contribution in [0.1, 0.15) is 41.0 Å². The highest BCUT2D eigenvalue weighted by atomic mass is 16.6. The van der Waals surface area contributed by atoms with E-state index in [2.05, 4.69) is 19.2 Å². The van der Waals surface area contributed by atoms with E-state index in [4.69, 9.17) is 4.74 Å². The van der Waals surface area contributed by atoms with Gasteiger partial charge in [0.15, 0.2) is 0 Å². The molecular formula is C12H24N2O2. The molecule has 4 heteroatoms. The maximum absolute atomic E-state index is 12.1. The van der Waals surface area contributed by atoms with Crippen LogP contribution in [0.5, 0.6) is 0 Å². The van der Waals surface area contributed by atoms with Gasteiger partial charge in [-0.3, -0.25) is 0 Å². The zero-order valence-electron chi connectivity index (χ0n) is 11.1. The van der Waals surface area contributed by atoms with E-state index in [1.165, 1.54) is 0 Å². The third-order valence-corrected chi connectivity index (χ3v) is 2.77. The zero-order chi connectivity index (χ0) is 12.4. The Bertz CT molecular complexity index is 256. The predicted octanol–water partition coefficient (Wildman–Crippen LogP) is 2.00. The van der Waals surface area contributed by atoms with Crippen molar-refractivity contribution >= 4 is 6.09 Å². The molecule has 1 N–H and O–H groups in total. The summed E-state index contributed by atoms with van der Waals surface area (Å²) < 4.78 is 5.43. The Morgan fingerprint density at radius 1 is 1.31 bits per heavy atom. The number of nitrogens with zero attached hydrogens (tertiary/aromatic N) is 1. The van der Waals surface area contributed by atoms with Crippen molar-refractivity contribution < 1.29 is 9.53 Å². The van der Waals surface area contributed by atoms with Gasteiger partial charge in [-0.2, -0.15) is 0 Å². The lowest BCUT2D eigenvalue weighted by atomic mass is 9.99. The largest absolute Gasteiger partial charge is 0.444 e. The van der Waals surface area contributed by atoms with Crippen LogP contribution in [0.15, 0.2) is 0 Å². The highest BCUT2D eigenvalue weighted by Gasteiger charge is 2.34. The number of hydrogen-bond acceptors (Lipinski definition) is 3. The Morgan fingerprint density at radius 2 is 1.94 bits per heavy atom. The van der Waals surface area contributed by atoms with Gasteiger partial charge in [0.2, 0.25) is 0 Å². The first-order valence-corrected chi connectivity index (χ1v) is 5.94. The first-order valence-electron chi connectivity index (χ1n) is 5.94. The molecule has 1 heterocycles. The molecule has 1 amide bonds. The van der Waals surface area contributed by atoms with E-state index in [0.717, 1.165) is 19.5 Å². The second-order valence-electron chi connectivity index (χ2n) is 5.94. The molecular weight excluding hydrogens is 204 g/mol. The van der Waals surface area contributed by atoms with Crippen LogP contribution in [-0.4, -0.2) is 41.8 Å². The first kappa shape index (κ1) is 13.3. The van der Waals surface area contributed by atoms with Gasteiger partial charge < -0.3 is 15.0 Å². The fraction of sp³-hybridized carbons (Fsp3) is 0.917. The minimum absolute atomic E-state index is 0.133. The molecule has 16 heavy (non-hydrogen) atoms. The average Bonchev–Trinajstić information content (AvgIpc) is 2.22. The molecule has 0 bridgehead atoms. The van der Waals surface area contributed by atoms with Crippen LogP contribution in [0.3, 0.4) is 0 Å². The topological polar surface area (TPSA) is 41.6 Å². The van der Waals surface area contributed by atoms with Gasteiger partial charge in [0.1, 0.15) is 5.60 Å². The second-order valence-corrected chi connectivity index (χ2v) is 5.94.